The summed E-state index contributed by atoms with van der Waals surface area (Å²) in [6, 6.07) is 4.43. The lowest BCUT2D eigenvalue weighted by Crippen LogP contribution is -2.12. The summed E-state index contributed by atoms with van der Waals surface area (Å²) in [5.74, 6) is -0.186. The quantitative estimate of drug-likeness (QED) is 0.424. The van der Waals surface area contributed by atoms with Crippen molar-refractivity contribution in [1.82, 2.24) is 0 Å². The van der Waals surface area contributed by atoms with Crippen molar-refractivity contribution in [3.05, 3.63) is 35.9 Å². The molecule has 2 N–H and O–H groups in total. The molecule has 0 saturated carbocycles. The molecule has 1 aromatic rings. The number of benzene rings is 1. The number of esters is 1. The molecule has 0 aliphatic heterocycles. The van der Waals surface area contributed by atoms with E-state index in [2.05, 4.69) is 11.1 Å². The van der Waals surface area contributed by atoms with Gasteiger partial charge >= 0.3 is 13.8 Å². The molecule has 0 fully saturated rings. The maximum absolute atomic E-state index is 11.7. The molecule has 0 radical (unpaired) electrons. The van der Waals surface area contributed by atoms with E-state index >= 15 is 0 Å². The van der Waals surface area contributed by atoms with Crippen LogP contribution in [0.2, 0.25) is 0 Å². The zero-order valence-electron chi connectivity index (χ0n) is 13.3. The molecule has 1 atom stereocenters. The van der Waals surface area contributed by atoms with Crippen LogP contribution in [0, 0.1) is 0 Å². The number of carbonyl (C=O) groups excluding carboxylic acids is 1. The predicted molar refractivity (Wildman–Crippen MR) is 84.2 cm³/mol. The van der Waals surface area contributed by atoms with Crippen molar-refractivity contribution in [2.75, 3.05) is 6.61 Å². The highest BCUT2D eigenvalue weighted by molar-refractivity contribution is 7.46. The van der Waals surface area contributed by atoms with Gasteiger partial charge in [0.1, 0.15) is 17.6 Å². The molecule has 1 rings (SSSR count). The highest BCUT2D eigenvalue weighted by Crippen LogP contribution is 2.43. The Morgan fingerprint density at radius 2 is 2.00 bits per heavy atom. The van der Waals surface area contributed by atoms with Gasteiger partial charge in [-0.1, -0.05) is 13.5 Å². The Morgan fingerprint density at radius 1 is 1.35 bits per heavy atom. The molecule has 1 unspecified atom stereocenters. The molecule has 0 aliphatic rings. The van der Waals surface area contributed by atoms with Gasteiger partial charge in [-0.05, 0) is 38.5 Å². The van der Waals surface area contributed by atoms with Gasteiger partial charge in [0.2, 0.25) is 0 Å². The molecule has 0 aliphatic carbocycles. The van der Waals surface area contributed by atoms with E-state index in [1.807, 2.05) is 0 Å². The third-order valence-electron chi connectivity index (χ3n) is 2.82. The molecule has 0 heterocycles. The third kappa shape index (κ3) is 6.06. The molecule has 0 saturated heterocycles. The van der Waals surface area contributed by atoms with Gasteiger partial charge in [0.15, 0.2) is 0 Å². The number of carbonyl (C=O) groups is 1. The van der Waals surface area contributed by atoms with Crippen molar-refractivity contribution in [3.8, 4) is 11.5 Å². The molecule has 1 aromatic carbocycles. The number of phosphoric ester groups is 1. The minimum absolute atomic E-state index is 0.0665. The van der Waals surface area contributed by atoms with Crippen molar-refractivity contribution < 1.29 is 33.1 Å². The van der Waals surface area contributed by atoms with Crippen LogP contribution in [-0.4, -0.2) is 22.4 Å². The lowest BCUT2D eigenvalue weighted by atomic mass is 10.1. The van der Waals surface area contributed by atoms with Gasteiger partial charge in [-0.2, -0.15) is 0 Å². The fourth-order valence-corrected chi connectivity index (χ4v) is 2.26. The van der Waals surface area contributed by atoms with Crippen LogP contribution >= 0.6 is 7.82 Å². The fourth-order valence-electron chi connectivity index (χ4n) is 1.84. The van der Waals surface area contributed by atoms with E-state index in [9.17, 15) is 9.36 Å². The average molecular weight is 344 g/mol. The second-order valence-electron chi connectivity index (χ2n) is 4.80. The Kier molecular flexibility index (Phi) is 6.81. The lowest BCUT2D eigenvalue weighted by Gasteiger charge is -2.21. The summed E-state index contributed by atoms with van der Waals surface area (Å²) in [6.07, 6.45) is -0.368. The summed E-state index contributed by atoms with van der Waals surface area (Å²) in [6.45, 7) is 9.01. The Balaban J connectivity index is 3.24. The first-order valence-corrected chi connectivity index (χ1v) is 8.59. The van der Waals surface area contributed by atoms with E-state index in [1.54, 1.807) is 13.8 Å². The van der Waals surface area contributed by atoms with Gasteiger partial charge in [0.05, 0.1) is 6.61 Å². The van der Waals surface area contributed by atoms with E-state index in [0.717, 1.165) is 0 Å². The molecule has 0 spiro atoms. The molecule has 0 bridgehead atoms. The van der Waals surface area contributed by atoms with Gasteiger partial charge in [0, 0.05) is 11.1 Å². The Labute approximate surface area is 135 Å². The third-order valence-corrected chi connectivity index (χ3v) is 3.26. The Bertz CT molecular complexity index is 620. The highest BCUT2D eigenvalue weighted by atomic mass is 31.2. The van der Waals surface area contributed by atoms with Crippen LogP contribution in [0.5, 0.6) is 11.5 Å². The number of hydrogen-bond acceptors (Lipinski definition) is 5. The maximum atomic E-state index is 11.7. The van der Waals surface area contributed by atoms with Gasteiger partial charge in [-0.3, -0.25) is 9.79 Å². The summed E-state index contributed by atoms with van der Waals surface area (Å²) in [7, 11) is -4.75. The van der Waals surface area contributed by atoms with Gasteiger partial charge in [-0.15, -0.1) is 0 Å². The summed E-state index contributed by atoms with van der Waals surface area (Å²) >= 11 is 0. The smallest absolute Gasteiger partial charge is 0.494 e. The highest BCUT2D eigenvalue weighted by Gasteiger charge is 2.25. The molecule has 0 aromatic heterocycles. The minimum Gasteiger partial charge on any atom is -0.494 e. The monoisotopic (exact) mass is 344 g/mol. The van der Waals surface area contributed by atoms with E-state index in [0.29, 0.717) is 24.3 Å². The van der Waals surface area contributed by atoms with Crippen LogP contribution in [-0.2, 0) is 14.1 Å². The molecule has 128 valence electrons. The SMILES string of the molecule is C=C(C)C(=O)OC(CC)c1cc(OCC)ccc1OP(=O)(O)O. The Morgan fingerprint density at radius 3 is 2.48 bits per heavy atom. The molecule has 0 amide bonds. The number of hydrogen-bond donors (Lipinski definition) is 2. The molecular weight excluding hydrogens is 323 g/mol. The number of rotatable bonds is 8. The van der Waals surface area contributed by atoms with E-state index in [4.69, 9.17) is 19.3 Å². The normalized spacial score (nSPS) is 12.4. The summed E-state index contributed by atoms with van der Waals surface area (Å²) in [5, 5.41) is 0. The zero-order valence-corrected chi connectivity index (χ0v) is 14.2. The molecular formula is C15H21O7P. The molecule has 23 heavy (non-hydrogen) atoms. The average Bonchev–Trinajstić information content (AvgIpc) is 2.45. The van der Waals surface area contributed by atoms with Gasteiger partial charge in [-0.25, -0.2) is 9.36 Å². The van der Waals surface area contributed by atoms with Crippen molar-refractivity contribution in [2.24, 2.45) is 0 Å². The predicted octanol–water partition coefficient (Wildman–Crippen LogP) is 3.13. The fraction of sp³-hybridized carbons (Fsp3) is 0.400. The first kappa shape index (κ1) is 19.2. The zero-order chi connectivity index (χ0) is 17.6. The largest absolute Gasteiger partial charge is 0.524 e. The second kappa shape index (κ2) is 8.15. The minimum atomic E-state index is -4.75. The first-order valence-electron chi connectivity index (χ1n) is 7.06. The summed E-state index contributed by atoms with van der Waals surface area (Å²) < 4.78 is 26.5. The van der Waals surface area contributed by atoms with E-state index in [-0.39, 0.29) is 11.3 Å². The first-order chi connectivity index (χ1) is 10.7. The maximum Gasteiger partial charge on any atom is 0.524 e. The van der Waals surface area contributed by atoms with Gasteiger partial charge in [0.25, 0.3) is 0 Å². The number of ether oxygens (including phenoxy) is 2. The van der Waals surface area contributed by atoms with Crippen molar-refractivity contribution in [1.29, 1.82) is 0 Å². The standard InChI is InChI=1S/C15H21O7P/c1-5-13(21-15(16)10(3)4)12-9-11(20-6-2)7-8-14(12)22-23(17,18)19/h7-9,13H,3,5-6H2,1-2,4H3,(H2,17,18,19). The van der Waals surface area contributed by atoms with Crippen LogP contribution in [0.25, 0.3) is 0 Å². The van der Waals surface area contributed by atoms with Gasteiger partial charge < -0.3 is 14.0 Å². The van der Waals surface area contributed by atoms with Crippen molar-refractivity contribution in [3.63, 3.8) is 0 Å². The van der Waals surface area contributed by atoms with E-state index < -0.39 is 19.9 Å². The Hall–Kier alpha value is -1.82. The van der Waals surface area contributed by atoms with Crippen molar-refractivity contribution >= 4 is 13.8 Å². The topological polar surface area (TPSA) is 102 Å². The second-order valence-corrected chi connectivity index (χ2v) is 5.96. The van der Waals surface area contributed by atoms with Crippen molar-refractivity contribution in [2.45, 2.75) is 33.3 Å². The van der Waals surface area contributed by atoms with Crippen LogP contribution in [0.15, 0.2) is 30.4 Å². The summed E-state index contributed by atoms with van der Waals surface area (Å²) in [5.41, 5.74) is 0.540. The van der Waals surface area contributed by atoms with E-state index in [1.165, 1.54) is 25.1 Å². The molecule has 7 nitrogen and oxygen atoms in total. The number of phosphoric acid groups is 1. The van der Waals surface area contributed by atoms with Crippen LogP contribution < -0.4 is 9.26 Å². The van der Waals surface area contributed by atoms with Crippen LogP contribution in [0.1, 0.15) is 38.9 Å². The van der Waals surface area contributed by atoms with Crippen LogP contribution in [0.3, 0.4) is 0 Å². The van der Waals surface area contributed by atoms with Crippen LogP contribution in [0.4, 0.5) is 0 Å². The summed E-state index contributed by atoms with van der Waals surface area (Å²) in [4.78, 5) is 29.8. The molecule has 8 heteroatoms. The lowest BCUT2D eigenvalue weighted by molar-refractivity contribution is -0.144.